The molecule has 0 atom stereocenters. The second-order valence-corrected chi connectivity index (χ2v) is 9.86. The molecule has 0 aliphatic heterocycles. The van der Waals surface area contributed by atoms with E-state index >= 15 is 0 Å². The van der Waals surface area contributed by atoms with Gasteiger partial charge in [-0.25, -0.2) is 0 Å². The Morgan fingerprint density at radius 2 is 1.08 bits per heavy atom. The van der Waals surface area contributed by atoms with Crippen molar-refractivity contribution in [1.29, 1.82) is 0 Å². The number of carbonyl (C=O) groups excluding carboxylic acids is 1. The Morgan fingerprint density at radius 3 is 1.58 bits per heavy atom. The molecule has 0 saturated heterocycles. The number of unbranched alkanes of at least 4 members (excludes halogenated alkanes) is 14. The first-order chi connectivity index (χ1) is 17.6. The molecule has 36 heavy (non-hydrogen) atoms. The van der Waals surface area contributed by atoms with Crippen molar-refractivity contribution in [2.45, 2.75) is 110 Å². The van der Waals surface area contributed by atoms with Gasteiger partial charge >= 0.3 is 5.97 Å². The molecule has 2 aromatic rings. The molecule has 0 unspecified atom stereocenters. The van der Waals surface area contributed by atoms with Crippen LogP contribution in [0.2, 0.25) is 0 Å². The lowest BCUT2D eigenvalue weighted by Gasteiger charge is -2.05. The largest absolute Gasteiger partial charge is 0.508 e. The van der Waals surface area contributed by atoms with Crippen LogP contribution in [-0.2, 0) is 4.79 Å². The Hall–Kier alpha value is -2.75. The summed E-state index contributed by atoms with van der Waals surface area (Å²) in [5.41, 5.74) is 1.63. The summed E-state index contributed by atoms with van der Waals surface area (Å²) in [7, 11) is 0. The number of benzene rings is 2. The highest BCUT2D eigenvalue weighted by molar-refractivity contribution is 5.73. The third-order valence-electron chi connectivity index (χ3n) is 6.49. The lowest BCUT2D eigenvalue weighted by atomic mass is 10.0. The molecule has 0 aliphatic rings. The molecule has 4 nitrogen and oxygen atoms in total. The fourth-order valence-electron chi connectivity index (χ4n) is 4.38. The normalized spacial score (nSPS) is 11.2. The first-order valence-corrected chi connectivity index (χ1v) is 14.1. The minimum atomic E-state index is -0.178. The van der Waals surface area contributed by atoms with Crippen molar-refractivity contribution >= 4 is 18.1 Å². The third-order valence-corrected chi connectivity index (χ3v) is 6.49. The lowest BCUT2D eigenvalue weighted by molar-refractivity contribution is -0.134. The number of phenolic OH excluding ortho intramolecular Hbond substituents is 2. The van der Waals surface area contributed by atoms with Crippen LogP contribution in [0.15, 0.2) is 42.5 Å². The van der Waals surface area contributed by atoms with Gasteiger partial charge in [-0.1, -0.05) is 121 Å². The molecule has 2 aromatic carbocycles. The fraction of sp³-hybridized carbons (Fsp3) is 0.531. The Labute approximate surface area is 218 Å². The number of aromatic hydroxyl groups is 2. The van der Waals surface area contributed by atoms with Gasteiger partial charge in [-0.05, 0) is 41.8 Å². The molecule has 0 heterocycles. The monoisotopic (exact) mass is 494 g/mol. The van der Waals surface area contributed by atoms with Crippen LogP contribution in [0.1, 0.15) is 121 Å². The Morgan fingerprint density at radius 1 is 0.639 bits per heavy atom. The average molecular weight is 495 g/mol. The highest BCUT2D eigenvalue weighted by Crippen LogP contribution is 2.22. The summed E-state index contributed by atoms with van der Waals surface area (Å²) in [6.45, 7) is 2.27. The third kappa shape index (κ3) is 14.0. The summed E-state index contributed by atoms with van der Waals surface area (Å²) < 4.78 is 5.45. The summed E-state index contributed by atoms with van der Waals surface area (Å²) in [6.07, 6.45) is 23.8. The molecular weight excluding hydrogens is 448 g/mol. The molecular formula is C32H46O4. The number of phenols is 2. The number of rotatable bonds is 19. The predicted octanol–water partition coefficient (Wildman–Crippen LogP) is 9.44. The van der Waals surface area contributed by atoms with Crippen LogP contribution in [0, 0.1) is 0 Å². The average Bonchev–Trinajstić information content (AvgIpc) is 2.85. The van der Waals surface area contributed by atoms with Crippen molar-refractivity contribution in [2.75, 3.05) is 0 Å². The standard InChI is InChI=1S/C32H46O4/c1-2-3-4-5-6-7-8-9-10-11-12-13-14-15-16-17-32(35)36-31-22-20-27(21-23-31)18-19-28-24-29(33)26-30(34)25-28/h18-26,33-34H,2-17H2,1H3/b19-18+. The number of carbonyl (C=O) groups is 1. The quantitative estimate of drug-likeness (QED) is 0.0883. The van der Waals surface area contributed by atoms with E-state index in [0.29, 0.717) is 17.7 Å². The van der Waals surface area contributed by atoms with Gasteiger partial charge in [-0.3, -0.25) is 4.79 Å². The Balaban J connectivity index is 1.48. The van der Waals surface area contributed by atoms with Gasteiger partial charge in [0.2, 0.25) is 0 Å². The summed E-state index contributed by atoms with van der Waals surface area (Å²) in [4.78, 5) is 12.1. The molecule has 0 aliphatic carbocycles. The number of hydrogen-bond donors (Lipinski definition) is 2. The molecule has 0 aromatic heterocycles. The maximum absolute atomic E-state index is 12.1. The van der Waals surface area contributed by atoms with E-state index in [-0.39, 0.29) is 17.5 Å². The molecule has 0 amide bonds. The molecule has 0 bridgehead atoms. The zero-order valence-corrected chi connectivity index (χ0v) is 22.2. The number of hydrogen-bond acceptors (Lipinski definition) is 4. The van der Waals surface area contributed by atoms with Crippen molar-refractivity contribution in [3.63, 3.8) is 0 Å². The first-order valence-electron chi connectivity index (χ1n) is 14.1. The van der Waals surface area contributed by atoms with Gasteiger partial charge in [0, 0.05) is 12.5 Å². The van der Waals surface area contributed by atoms with Crippen molar-refractivity contribution < 1.29 is 19.7 Å². The molecule has 2 N–H and O–H groups in total. The number of ether oxygens (including phenoxy) is 1. The minimum absolute atomic E-state index is 0.0194. The smallest absolute Gasteiger partial charge is 0.311 e. The Bertz CT molecular complexity index is 865. The highest BCUT2D eigenvalue weighted by Gasteiger charge is 2.05. The second-order valence-electron chi connectivity index (χ2n) is 9.86. The summed E-state index contributed by atoms with van der Waals surface area (Å²) >= 11 is 0. The van der Waals surface area contributed by atoms with Gasteiger partial charge in [-0.2, -0.15) is 0 Å². The van der Waals surface area contributed by atoms with E-state index in [0.717, 1.165) is 18.4 Å². The van der Waals surface area contributed by atoms with Crippen LogP contribution in [0.4, 0.5) is 0 Å². The topological polar surface area (TPSA) is 66.8 Å². The molecule has 198 valence electrons. The maximum atomic E-state index is 12.1. The van der Waals surface area contributed by atoms with E-state index in [2.05, 4.69) is 6.92 Å². The summed E-state index contributed by atoms with van der Waals surface area (Å²) in [6, 6.07) is 11.7. The Kier molecular flexibility index (Phi) is 15.2. The van der Waals surface area contributed by atoms with Crippen LogP contribution >= 0.6 is 0 Å². The first kappa shape index (κ1) is 29.5. The summed E-state index contributed by atoms with van der Waals surface area (Å²) in [5, 5.41) is 19.1. The van der Waals surface area contributed by atoms with E-state index in [1.54, 1.807) is 30.3 Å². The molecule has 0 radical (unpaired) electrons. The van der Waals surface area contributed by atoms with Crippen molar-refractivity contribution in [3.05, 3.63) is 53.6 Å². The number of esters is 1. The van der Waals surface area contributed by atoms with Gasteiger partial charge in [0.1, 0.15) is 17.2 Å². The SMILES string of the molecule is CCCCCCCCCCCCCCCCCC(=O)Oc1ccc(/C=C/c2cc(O)cc(O)c2)cc1. The molecule has 0 spiro atoms. The van der Waals surface area contributed by atoms with Crippen molar-refractivity contribution in [1.82, 2.24) is 0 Å². The van der Waals surface area contributed by atoms with Gasteiger partial charge in [0.05, 0.1) is 0 Å². The van der Waals surface area contributed by atoms with Gasteiger partial charge < -0.3 is 14.9 Å². The zero-order valence-electron chi connectivity index (χ0n) is 22.2. The van der Waals surface area contributed by atoms with Crippen LogP contribution in [-0.4, -0.2) is 16.2 Å². The predicted molar refractivity (Wildman–Crippen MR) is 150 cm³/mol. The van der Waals surface area contributed by atoms with E-state index in [9.17, 15) is 15.0 Å². The fourth-order valence-corrected chi connectivity index (χ4v) is 4.38. The zero-order chi connectivity index (χ0) is 25.8. The van der Waals surface area contributed by atoms with E-state index < -0.39 is 0 Å². The van der Waals surface area contributed by atoms with Gasteiger partial charge in [0.15, 0.2) is 0 Å². The van der Waals surface area contributed by atoms with Gasteiger partial charge in [-0.15, -0.1) is 0 Å². The van der Waals surface area contributed by atoms with E-state index in [1.165, 1.54) is 89.5 Å². The maximum Gasteiger partial charge on any atom is 0.311 e. The minimum Gasteiger partial charge on any atom is -0.508 e. The highest BCUT2D eigenvalue weighted by atomic mass is 16.5. The van der Waals surface area contributed by atoms with E-state index in [4.69, 9.17) is 4.74 Å². The van der Waals surface area contributed by atoms with Crippen molar-refractivity contribution in [2.24, 2.45) is 0 Å². The van der Waals surface area contributed by atoms with Crippen LogP contribution < -0.4 is 4.74 Å². The lowest BCUT2D eigenvalue weighted by Crippen LogP contribution is -2.07. The van der Waals surface area contributed by atoms with Gasteiger partial charge in [0.25, 0.3) is 0 Å². The van der Waals surface area contributed by atoms with Crippen LogP contribution in [0.25, 0.3) is 12.2 Å². The molecule has 2 rings (SSSR count). The summed E-state index contributed by atoms with van der Waals surface area (Å²) in [5.74, 6) is 0.410. The molecule has 0 fully saturated rings. The molecule has 0 saturated carbocycles. The van der Waals surface area contributed by atoms with E-state index in [1.807, 2.05) is 18.2 Å². The van der Waals surface area contributed by atoms with Crippen LogP contribution in [0.5, 0.6) is 17.2 Å². The molecule has 4 heteroatoms. The van der Waals surface area contributed by atoms with Crippen molar-refractivity contribution in [3.8, 4) is 17.2 Å². The van der Waals surface area contributed by atoms with Crippen LogP contribution in [0.3, 0.4) is 0 Å². The second kappa shape index (κ2) is 18.5.